The fraction of sp³-hybridized carbons (Fsp3) is 0.0769. The maximum Gasteiger partial charge on any atom is 0.254 e. The summed E-state index contributed by atoms with van der Waals surface area (Å²) in [5, 5.41) is 13.7. The van der Waals surface area contributed by atoms with Crippen LogP contribution in [0.1, 0.15) is 0 Å². The van der Waals surface area contributed by atoms with Crippen molar-refractivity contribution in [3.05, 3.63) is 46.9 Å². The molecular weight excluding hydrogens is 246 g/mol. The summed E-state index contributed by atoms with van der Waals surface area (Å²) in [5.74, 6) is 0.551. The normalized spacial score (nSPS) is 10.8. The zero-order valence-electron chi connectivity index (χ0n) is 10.1. The van der Waals surface area contributed by atoms with Gasteiger partial charge in [0.2, 0.25) is 5.88 Å². The average Bonchev–Trinajstić information content (AvgIpc) is 2.83. The Morgan fingerprint density at radius 1 is 1.32 bits per heavy atom. The first kappa shape index (κ1) is 11.3. The van der Waals surface area contributed by atoms with Crippen LogP contribution in [-0.2, 0) is 0 Å². The molecule has 19 heavy (non-hydrogen) atoms. The highest BCUT2D eigenvalue weighted by Crippen LogP contribution is 2.26. The predicted molar refractivity (Wildman–Crippen MR) is 69.5 cm³/mol. The molecule has 0 aliphatic carbocycles. The Hall–Kier alpha value is -2.76. The summed E-state index contributed by atoms with van der Waals surface area (Å²) in [5.41, 5.74) is 1.68. The lowest BCUT2D eigenvalue weighted by molar-refractivity contribution is 0.415. The number of nitrogens with one attached hydrogen (secondary N) is 1. The lowest BCUT2D eigenvalue weighted by Gasteiger charge is -2.02. The van der Waals surface area contributed by atoms with Gasteiger partial charge in [-0.15, -0.1) is 0 Å². The first-order valence-electron chi connectivity index (χ1n) is 5.63. The summed E-state index contributed by atoms with van der Waals surface area (Å²) in [4.78, 5) is 14.1. The van der Waals surface area contributed by atoms with Crippen LogP contribution in [0.3, 0.4) is 0 Å². The van der Waals surface area contributed by atoms with Crippen molar-refractivity contribution in [3.8, 4) is 22.8 Å². The number of H-pyrrole nitrogens is 1. The van der Waals surface area contributed by atoms with Gasteiger partial charge in [-0.25, -0.2) is 0 Å². The monoisotopic (exact) mass is 257 g/mol. The predicted octanol–water partition coefficient (Wildman–Crippen LogP) is 1.40. The van der Waals surface area contributed by atoms with Crippen molar-refractivity contribution in [2.24, 2.45) is 0 Å². The highest BCUT2D eigenvalue weighted by atomic mass is 16.5. The van der Waals surface area contributed by atoms with E-state index in [2.05, 4.69) is 10.1 Å². The summed E-state index contributed by atoms with van der Waals surface area (Å²) in [6.07, 6.45) is 1.59. The molecule has 6 nitrogen and oxygen atoms in total. The van der Waals surface area contributed by atoms with Crippen molar-refractivity contribution in [2.75, 3.05) is 7.11 Å². The van der Waals surface area contributed by atoms with Crippen molar-refractivity contribution in [1.82, 2.24) is 14.6 Å². The number of benzene rings is 1. The number of ether oxygens (including phenoxy) is 1. The van der Waals surface area contributed by atoms with Crippen LogP contribution in [0.15, 0.2) is 41.3 Å². The molecule has 6 heteroatoms. The third-order valence-corrected chi connectivity index (χ3v) is 2.89. The highest BCUT2D eigenvalue weighted by molar-refractivity contribution is 5.77. The van der Waals surface area contributed by atoms with E-state index in [0.717, 1.165) is 22.9 Å². The van der Waals surface area contributed by atoms with Crippen LogP contribution in [0.4, 0.5) is 0 Å². The van der Waals surface area contributed by atoms with E-state index < -0.39 is 0 Å². The molecule has 2 aromatic heterocycles. The molecule has 0 amide bonds. The molecular formula is C13H11N3O3. The lowest BCUT2D eigenvalue weighted by atomic mass is 10.1. The molecule has 0 aliphatic rings. The number of methoxy groups -OCH3 is 1. The van der Waals surface area contributed by atoms with Crippen LogP contribution in [0.25, 0.3) is 16.8 Å². The van der Waals surface area contributed by atoms with E-state index in [4.69, 9.17) is 4.74 Å². The largest absolute Gasteiger partial charge is 0.497 e. The lowest BCUT2D eigenvalue weighted by Crippen LogP contribution is -2.07. The molecule has 0 atom stereocenters. The van der Waals surface area contributed by atoms with E-state index in [-0.39, 0.29) is 11.4 Å². The molecule has 0 saturated carbocycles. The number of nitrogens with zero attached hydrogens (tertiary/aromatic N) is 2. The number of hydrogen-bond acceptors (Lipinski definition) is 4. The quantitative estimate of drug-likeness (QED) is 0.727. The van der Waals surface area contributed by atoms with E-state index in [0.29, 0.717) is 5.65 Å². The zero-order valence-corrected chi connectivity index (χ0v) is 10.1. The molecule has 0 aliphatic heterocycles. The SMILES string of the molecule is COc1ccc(-c2cnn3c(O)cc(=O)[nH]c23)cc1. The van der Waals surface area contributed by atoms with Crippen molar-refractivity contribution >= 4 is 5.65 Å². The van der Waals surface area contributed by atoms with Crippen LogP contribution in [0, 0.1) is 0 Å². The fourth-order valence-corrected chi connectivity index (χ4v) is 1.96. The van der Waals surface area contributed by atoms with Gasteiger partial charge in [-0.3, -0.25) is 4.79 Å². The number of rotatable bonds is 2. The Morgan fingerprint density at radius 3 is 2.74 bits per heavy atom. The first-order chi connectivity index (χ1) is 9.19. The van der Waals surface area contributed by atoms with E-state index in [9.17, 15) is 9.90 Å². The van der Waals surface area contributed by atoms with Crippen LogP contribution in [0.5, 0.6) is 11.6 Å². The number of aromatic nitrogens is 3. The molecule has 3 rings (SSSR count). The standard InChI is InChI=1S/C13H11N3O3/c1-19-9-4-2-8(3-5-9)10-7-14-16-12(18)6-11(17)15-13(10)16/h2-7,18H,1H3,(H,15,17). The first-order valence-corrected chi connectivity index (χ1v) is 5.63. The third kappa shape index (κ3) is 1.83. The van der Waals surface area contributed by atoms with Crippen LogP contribution in [-0.4, -0.2) is 26.8 Å². The average molecular weight is 257 g/mol. The van der Waals surface area contributed by atoms with Crippen molar-refractivity contribution in [1.29, 1.82) is 0 Å². The van der Waals surface area contributed by atoms with Gasteiger partial charge in [0, 0.05) is 5.56 Å². The number of fused-ring (bicyclic) bond motifs is 1. The molecule has 2 heterocycles. The van der Waals surface area contributed by atoms with Gasteiger partial charge < -0.3 is 14.8 Å². The van der Waals surface area contributed by atoms with Gasteiger partial charge in [0.05, 0.1) is 19.4 Å². The van der Waals surface area contributed by atoms with Crippen LogP contribution in [0.2, 0.25) is 0 Å². The zero-order chi connectivity index (χ0) is 13.4. The second kappa shape index (κ2) is 4.16. The maximum absolute atomic E-state index is 11.4. The molecule has 0 saturated heterocycles. The Bertz CT molecular complexity index is 787. The number of aromatic amines is 1. The summed E-state index contributed by atoms with van der Waals surface area (Å²) in [6.45, 7) is 0. The number of hydrogen-bond donors (Lipinski definition) is 2. The molecule has 1 aromatic carbocycles. The Labute approximate surface area is 107 Å². The molecule has 0 radical (unpaired) electrons. The third-order valence-electron chi connectivity index (χ3n) is 2.89. The fourth-order valence-electron chi connectivity index (χ4n) is 1.96. The van der Waals surface area contributed by atoms with Gasteiger partial charge >= 0.3 is 0 Å². The second-order valence-electron chi connectivity index (χ2n) is 4.04. The van der Waals surface area contributed by atoms with Crippen LogP contribution >= 0.6 is 0 Å². The molecule has 0 unspecified atom stereocenters. The van der Waals surface area contributed by atoms with E-state index in [1.165, 1.54) is 4.52 Å². The molecule has 96 valence electrons. The van der Waals surface area contributed by atoms with E-state index in [1.54, 1.807) is 13.3 Å². The van der Waals surface area contributed by atoms with E-state index >= 15 is 0 Å². The minimum Gasteiger partial charge on any atom is -0.497 e. The summed E-state index contributed by atoms with van der Waals surface area (Å²) < 4.78 is 6.37. The maximum atomic E-state index is 11.4. The van der Waals surface area contributed by atoms with Gasteiger partial charge in [0.1, 0.15) is 11.4 Å². The van der Waals surface area contributed by atoms with Crippen LogP contribution < -0.4 is 10.3 Å². The van der Waals surface area contributed by atoms with E-state index in [1.807, 2.05) is 24.3 Å². The summed E-state index contributed by atoms with van der Waals surface area (Å²) >= 11 is 0. The minimum absolute atomic E-state index is 0.196. The van der Waals surface area contributed by atoms with Gasteiger partial charge in [-0.05, 0) is 17.7 Å². The molecule has 0 bridgehead atoms. The Balaban J connectivity index is 2.22. The minimum atomic E-state index is -0.375. The van der Waals surface area contributed by atoms with Crippen molar-refractivity contribution in [3.63, 3.8) is 0 Å². The second-order valence-corrected chi connectivity index (χ2v) is 4.04. The van der Waals surface area contributed by atoms with Gasteiger partial charge in [-0.2, -0.15) is 9.61 Å². The number of aromatic hydroxyl groups is 1. The van der Waals surface area contributed by atoms with Gasteiger partial charge in [-0.1, -0.05) is 12.1 Å². The van der Waals surface area contributed by atoms with Crippen molar-refractivity contribution in [2.45, 2.75) is 0 Å². The smallest absolute Gasteiger partial charge is 0.254 e. The Kier molecular flexibility index (Phi) is 2.49. The Morgan fingerprint density at radius 2 is 2.05 bits per heavy atom. The molecule has 0 fully saturated rings. The van der Waals surface area contributed by atoms with Crippen molar-refractivity contribution < 1.29 is 9.84 Å². The molecule has 3 aromatic rings. The van der Waals surface area contributed by atoms with Gasteiger partial charge in [0.25, 0.3) is 5.56 Å². The topological polar surface area (TPSA) is 79.6 Å². The van der Waals surface area contributed by atoms with Gasteiger partial charge in [0.15, 0.2) is 0 Å². The molecule has 0 spiro atoms. The highest BCUT2D eigenvalue weighted by Gasteiger charge is 2.10. The molecule has 2 N–H and O–H groups in total. The summed E-state index contributed by atoms with van der Waals surface area (Å²) in [7, 11) is 1.60. The summed E-state index contributed by atoms with van der Waals surface area (Å²) in [6, 6.07) is 8.44.